The summed E-state index contributed by atoms with van der Waals surface area (Å²) >= 11 is 0. The number of ether oxygens (including phenoxy) is 2. The Bertz CT molecular complexity index is 1520. The predicted molar refractivity (Wildman–Crippen MR) is 133 cm³/mol. The van der Waals surface area contributed by atoms with Gasteiger partial charge in [0.05, 0.1) is 23.2 Å². The molecule has 4 rings (SSSR count). The molecule has 1 unspecified atom stereocenters. The number of rotatable bonds is 7. The van der Waals surface area contributed by atoms with Crippen LogP contribution < -0.4 is 5.32 Å². The molecule has 1 amide bonds. The van der Waals surface area contributed by atoms with Crippen molar-refractivity contribution in [3.63, 3.8) is 0 Å². The monoisotopic (exact) mass is 489 g/mol. The van der Waals surface area contributed by atoms with Crippen LogP contribution in [0, 0.1) is 10.1 Å². The minimum atomic E-state index is -1.22. The molecule has 3 aromatic carbocycles. The normalized spacial score (nSPS) is 11.8. The number of carbonyl (C=O) groups is 3. The Balaban J connectivity index is 1.54. The number of benzene rings is 3. The van der Waals surface area contributed by atoms with E-state index in [9.17, 15) is 24.5 Å². The molecule has 1 N–H and O–H groups in total. The van der Waals surface area contributed by atoms with Crippen LogP contribution in [0.4, 0.5) is 11.4 Å². The van der Waals surface area contributed by atoms with Gasteiger partial charge in [0.25, 0.3) is 11.6 Å². The molecule has 36 heavy (non-hydrogen) atoms. The fraction of sp³-hybridized carbons (Fsp3) is 0.192. The van der Waals surface area contributed by atoms with Gasteiger partial charge in [-0.15, -0.1) is 0 Å². The summed E-state index contributed by atoms with van der Waals surface area (Å²) in [5.74, 6) is -2.42. The Hall–Kier alpha value is -4.73. The number of amides is 1. The van der Waals surface area contributed by atoms with Gasteiger partial charge in [0.2, 0.25) is 0 Å². The number of methoxy groups -OCH3 is 1. The van der Waals surface area contributed by atoms with Crippen molar-refractivity contribution in [1.82, 2.24) is 4.57 Å². The Kier molecular flexibility index (Phi) is 6.69. The summed E-state index contributed by atoms with van der Waals surface area (Å²) in [6, 6.07) is 16.6. The molecule has 0 bridgehead atoms. The number of esters is 2. The smallest absolute Gasteiger partial charge is 0.339 e. The molecule has 10 heteroatoms. The largest absolute Gasteiger partial charge is 0.465 e. The second-order valence-electron chi connectivity index (χ2n) is 8.05. The third-order valence-electron chi connectivity index (χ3n) is 5.79. The zero-order valence-electron chi connectivity index (χ0n) is 19.8. The van der Waals surface area contributed by atoms with Crippen LogP contribution in [0.15, 0.2) is 60.7 Å². The Labute approximate surface area is 205 Å². The molecule has 1 aromatic heterocycles. The van der Waals surface area contributed by atoms with Crippen LogP contribution in [0.2, 0.25) is 0 Å². The summed E-state index contributed by atoms with van der Waals surface area (Å²) in [6.45, 7) is 4.23. The maximum atomic E-state index is 12.8. The van der Waals surface area contributed by atoms with Gasteiger partial charge in [0.1, 0.15) is 0 Å². The maximum Gasteiger partial charge on any atom is 0.339 e. The number of fused-ring (bicyclic) bond motifs is 3. The quantitative estimate of drug-likeness (QED) is 0.226. The second-order valence-corrected chi connectivity index (χ2v) is 8.05. The lowest BCUT2D eigenvalue weighted by Gasteiger charge is -2.14. The Morgan fingerprint density at radius 3 is 2.31 bits per heavy atom. The number of nitrogens with zero attached hydrogens (tertiary/aromatic N) is 2. The standard InChI is InChI=1S/C26H23N3O7/c1-4-28-22-8-6-5-7-20(22)21-14-18(9-10-23(21)28)27-24(30)15(2)36-26(32)17-11-16(25(31)35-3)12-19(13-17)29(33)34/h5-15H,4H2,1-3H3,(H,27,30). The van der Waals surface area contributed by atoms with E-state index >= 15 is 0 Å². The number of non-ortho nitro benzene ring substituents is 1. The third-order valence-corrected chi connectivity index (χ3v) is 5.79. The van der Waals surface area contributed by atoms with E-state index in [-0.39, 0.29) is 11.1 Å². The number of nitro benzene ring substituents is 1. The summed E-state index contributed by atoms with van der Waals surface area (Å²) in [5.41, 5.74) is 1.72. The van der Waals surface area contributed by atoms with Gasteiger partial charge in [-0.25, -0.2) is 9.59 Å². The highest BCUT2D eigenvalue weighted by molar-refractivity contribution is 6.10. The van der Waals surface area contributed by atoms with Crippen LogP contribution in [0.1, 0.15) is 34.6 Å². The number of hydrogen-bond acceptors (Lipinski definition) is 7. The summed E-state index contributed by atoms with van der Waals surface area (Å²) in [5, 5.41) is 16.0. The predicted octanol–water partition coefficient (Wildman–Crippen LogP) is 4.69. The maximum absolute atomic E-state index is 12.8. The van der Waals surface area contributed by atoms with Gasteiger partial charge in [-0.3, -0.25) is 14.9 Å². The van der Waals surface area contributed by atoms with Crippen molar-refractivity contribution in [2.75, 3.05) is 12.4 Å². The van der Waals surface area contributed by atoms with E-state index in [1.165, 1.54) is 6.92 Å². The number of carbonyl (C=O) groups excluding carboxylic acids is 3. The van der Waals surface area contributed by atoms with E-state index in [1.54, 1.807) is 6.07 Å². The first kappa shape index (κ1) is 24.4. The van der Waals surface area contributed by atoms with Crippen LogP contribution in [0.5, 0.6) is 0 Å². The molecule has 0 saturated heterocycles. The first-order chi connectivity index (χ1) is 17.2. The van der Waals surface area contributed by atoms with E-state index in [0.717, 1.165) is 53.7 Å². The van der Waals surface area contributed by atoms with Crippen LogP contribution >= 0.6 is 0 Å². The summed E-state index contributed by atoms with van der Waals surface area (Å²) in [7, 11) is 1.11. The van der Waals surface area contributed by atoms with E-state index < -0.39 is 34.6 Å². The average molecular weight is 489 g/mol. The average Bonchev–Trinajstić information content (AvgIpc) is 3.20. The SMILES string of the molecule is CCn1c2ccccc2c2cc(NC(=O)C(C)OC(=O)c3cc(C(=O)OC)cc([N+](=O)[O-])c3)ccc21. The number of aryl methyl sites for hydroxylation is 1. The van der Waals surface area contributed by atoms with Crippen molar-refractivity contribution >= 4 is 51.0 Å². The highest BCUT2D eigenvalue weighted by atomic mass is 16.6. The van der Waals surface area contributed by atoms with Crippen molar-refractivity contribution in [2.24, 2.45) is 0 Å². The van der Waals surface area contributed by atoms with Crippen molar-refractivity contribution in [2.45, 2.75) is 26.5 Å². The number of hydrogen-bond donors (Lipinski definition) is 1. The van der Waals surface area contributed by atoms with Crippen molar-refractivity contribution in [1.29, 1.82) is 0 Å². The fourth-order valence-corrected chi connectivity index (χ4v) is 4.07. The Morgan fingerprint density at radius 2 is 1.64 bits per heavy atom. The molecule has 0 aliphatic rings. The first-order valence-corrected chi connectivity index (χ1v) is 11.1. The number of nitro groups is 1. The van der Waals surface area contributed by atoms with Crippen LogP contribution in [-0.4, -0.2) is 40.5 Å². The zero-order chi connectivity index (χ0) is 26.0. The molecule has 10 nitrogen and oxygen atoms in total. The highest BCUT2D eigenvalue weighted by Crippen LogP contribution is 2.31. The lowest BCUT2D eigenvalue weighted by atomic mass is 10.1. The van der Waals surface area contributed by atoms with Crippen molar-refractivity contribution in [3.8, 4) is 0 Å². The first-order valence-electron chi connectivity index (χ1n) is 11.1. The van der Waals surface area contributed by atoms with Gasteiger partial charge >= 0.3 is 11.9 Å². The summed E-state index contributed by atoms with van der Waals surface area (Å²) in [4.78, 5) is 47.7. The van der Waals surface area contributed by atoms with E-state index in [2.05, 4.69) is 21.5 Å². The van der Waals surface area contributed by atoms with Crippen LogP contribution in [-0.2, 0) is 20.8 Å². The second kappa shape index (κ2) is 9.87. The molecule has 0 fully saturated rings. The Morgan fingerprint density at radius 1 is 0.972 bits per heavy atom. The zero-order valence-corrected chi connectivity index (χ0v) is 19.8. The summed E-state index contributed by atoms with van der Waals surface area (Å²) < 4.78 is 12.0. The van der Waals surface area contributed by atoms with E-state index in [0.29, 0.717) is 5.69 Å². The van der Waals surface area contributed by atoms with Crippen LogP contribution in [0.25, 0.3) is 21.8 Å². The minimum Gasteiger partial charge on any atom is -0.465 e. The highest BCUT2D eigenvalue weighted by Gasteiger charge is 2.23. The molecule has 0 radical (unpaired) electrons. The van der Waals surface area contributed by atoms with Crippen molar-refractivity contribution < 1.29 is 28.8 Å². The third kappa shape index (κ3) is 4.61. The van der Waals surface area contributed by atoms with Gasteiger partial charge in [-0.1, -0.05) is 18.2 Å². The van der Waals surface area contributed by atoms with Gasteiger partial charge in [0.15, 0.2) is 6.10 Å². The number of aromatic nitrogens is 1. The molecule has 1 atom stereocenters. The number of nitrogens with one attached hydrogen (secondary N) is 1. The van der Waals surface area contributed by atoms with Gasteiger partial charge < -0.3 is 19.4 Å². The summed E-state index contributed by atoms with van der Waals surface area (Å²) in [6.07, 6.45) is -1.22. The molecule has 184 valence electrons. The molecule has 4 aromatic rings. The lowest BCUT2D eigenvalue weighted by Crippen LogP contribution is -2.30. The number of anilines is 1. The molecule has 0 aliphatic heterocycles. The molecule has 0 spiro atoms. The van der Waals surface area contributed by atoms with Crippen molar-refractivity contribution in [3.05, 3.63) is 81.9 Å². The fourth-order valence-electron chi connectivity index (χ4n) is 4.07. The molecule has 0 saturated carbocycles. The van der Waals surface area contributed by atoms with E-state index in [1.807, 2.05) is 36.4 Å². The number of para-hydroxylation sites is 1. The minimum absolute atomic E-state index is 0.185. The molecular formula is C26H23N3O7. The van der Waals surface area contributed by atoms with Gasteiger partial charge in [-0.2, -0.15) is 0 Å². The lowest BCUT2D eigenvalue weighted by molar-refractivity contribution is -0.384. The van der Waals surface area contributed by atoms with E-state index in [4.69, 9.17) is 4.74 Å². The molecule has 1 heterocycles. The molecule has 0 aliphatic carbocycles. The topological polar surface area (TPSA) is 130 Å². The van der Waals surface area contributed by atoms with Crippen LogP contribution in [0.3, 0.4) is 0 Å². The van der Waals surface area contributed by atoms with Gasteiger partial charge in [-0.05, 0) is 44.2 Å². The van der Waals surface area contributed by atoms with Gasteiger partial charge in [0, 0.05) is 46.2 Å². The molecular weight excluding hydrogens is 466 g/mol.